The molecule has 0 aliphatic rings. The summed E-state index contributed by atoms with van der Waals surface area (Å²) in [6, 6.07) is 20.3. The van der Waals surface area contributed by atoms with E-state index < -0.39 is 22.0 Å². The van der Waals surface area contributed by atoms with E-state index in [-0.39, 0.29) is 16.7 Å². The molecule has 8 nitrogen and oxygen atoms in total. The predicted molar refractivity (Wildman–Crippen MR) is 142 cm³/mol. The molecule has 2 N–H and O–H groups in total. The fourth-order valence-electron chi connectivity index (χ4n) is 3.84. The normalized spacial score (nSPS) is 12.9. The van der Waals surface area contributed by atoms with E-state index in [0.717, 1.165) is 16.8 Å². The summed E-state index contributed by atoms with van der Waals surface area (Å²) in [7, 11) is -3.98. The molecule has 37 heavy (non-hydrogen) atoms. The number of aliphatic carboxylic acids is 1. The van der Waals surface area contributed by atoms with Crippen LogP contribution in [-0.4, -0.2) is 40.5 Å². The predicted octanol–water partition coefficient (Wildman–Crippen LogP) is 4.51. The molecule has 0 saturated carbocycles. The van der Waals surface area contributed by atoms with Crippen LogP contribution in [0.25, 0.3) is 16.9 Å². The molecule has 0 bridgehead atoms. The number of rotatable bonds is 8. The van der Waals surface area contributed by atoms with Crippen molar-refractivity contribution in [3.63, 3.8) is 0 Å². The molecule has 4 aromatic rings. The van der Waals surface area contributed by atoms with E-state index in [4.69, 9.17) is 0 Å². The molecule has 1 aromatic heterocycles. The van der Waals surface area contributed by atoms with E-state index in [9.17, 15) is 18.3 Å². The Morgan fingerprint density at radius 1 is 0.973 bits per heavy atom. The van der Waals surface area contributed by atoms with Crippen molar-refractivity contribution in [3.05, 3.63) is 95.7 Å². The molecule has 0 aliphatic carbocycles. The van der Waals surface area contributed by atoms with Crippen molar-refractivity contribution in [1.29, 1.82) is 0 Å². The second-order valence-corrected chi connectivity index (χ2v) is 11.8. The van der Waals surface area contributed by atoms with E-state index in [1.54, 1.807) is 28.9 Å². The fourth-order valence-corrected chi connectivity index (χ4v) is 5.03. The summed E-state index contributed by atoms with van der Waals surface area (Å²) >= 11 is 0. The standard InChI is InChI=1S/C28H30N4O4S/c1-19-5-15-24(16-6-19)37(35,36)30-25(27(33)34)17-20-7-9-21(10-8-20)26-18-32(31-29-26)23-13-11-22(12-14-23)28(2,3)4/h5-16,18,25,30H,17H2,1-4H3,(H,33,34). The van der Waals surface area contributed by atoms with Crippen LogP contribution in [0.15, 0.2) is 83.9 Å². The Balaban J connectivity index is 1.47. The molecular weight excluding hydrogens is 488 g/mol. The number of aromatic nitrogens is 3. The second kappa shape index (κ2) is 10.3. The topological polar surface area (TPSA) is 114 Å². The van der Waals surface area contributed by atoms with Gasteiger partial charge in [0.25, 0.3) is 0 Å². The number of carboxylic acids is 1. The Kier molecular flexibility index (Phi) is 7.29. The first-order chi connectivity index (χ1) is 17.4. The molecule has 1 unspecified atom stereocenters. The van der Waals surface area contributed by atoms with Gasteiger partial charge in [-0.2, -0.15) is 4.72 Å². The van der Waals surface area contributed by atoms with Gasteiger partial charge in [-0.3, -0.25) is 4.79 Å². The van der Waals surface area contributed by atoms with E-state index in [2.05, 4.69) is 47.9 Å². The lowest BCUT2D eigenvalue weighted by Gasteiger charge is -2.19. The highest BCUT2D eigenvalue weighted by molar-refractivity contribution is 7.89. The van der Waals surface area contributed by atoms with Gasteiger partial charge in [0.15, 0.2) is 0 Å². The SMILES string of the molecule is Cc1ccc(S(=O)(=O)NC(Cc2ccc(-c3cn(-c4ccc(C(C)(C)C)cc4)nn3)cc2)C(=O)O)cc1. The minimum atomic E-state index is -3.98. The number of aryl methyl sites for hydroxylation is 1. The van der Waals surface area contributed by atoms with E-state index >= 15 is 0 Å². The first-order valence-corrected chi connectivity index (χ1v) is 13.3. The van der Waals surface area contributed by atoms with Crippen LogP contribution in [0.3, 0.4) is 0 Å². The van der Waals surface area contributed by atoms with Gasteiger partial charge < -0.3 is 5.11 Å². The first-order valence-electron chi connectivity index (χ1n) is 11.9. The molecule has 0 amide bonds. The maximum atomic E-state index is 12.7. The number of carboxylic acid groups (broad SMARTS) is 1. The van der Waals surface area contributed by atoms with Crippen molar-refractivity contribution in [2.45, 2.75) is 50.5 Å². The van der Waals surface area contributed by atoms with Crippen molar-refractivity contribution >= 4 is 16.0 Å². The molecule has 1 heterocycles. The Bertz CT molecular complexity index is 1490. The number of nitrogens with one attached hydrogen (secondary N) is 1. The van der Waals surface area contributed by atoms with Crippen LogP contribution in [0.5, 0.6) is 0 Å². The third kappa shape index (κ3) is 6.31. The van der Waals surface area contributed by atoms with Crippen molar-refractivity contribution in [2.75, 3.05) is 0 Å². The smallest absolute Gasteiger partial charge is 0.322 e. The van der Waals surface area contributed by atoms with Crippen molar-refractivity contribution in [3.8, 4) is 16.9 Å². The number of benzene rings is 3. The Labute approximate surface area is 217 Å². The summed E-state index contributed by atoms with van der Waals surface area (Å²) < 4.78 is 29.4. The third-order valence-corrected chi connectivity index (χ3v) is 7.60. The van der Waals surface area contributed by atoms with Gasteiger partial charge in [0.2, 0.25) is 10.0 Å². The number of carbonyl (C=O) groups is 1. The van der Waals surface area contributed by atoms with E-state index in [0.29, 0.717) is 11.3 Å². The zero-order valence-electron chi connectivity index (χ0n) is 21.2. The van der Waals surface area contributed by atoms with Gasteiger partial charge in [-0.15, -0.1) is 5.10 Å². The quantitative estimate of drug-likeness (QED) is 0.355. The lowest BCUT2D eigenvalue weighted by atomic mass is 9.87. The average Bonchev–Trinajstić information content (AvgIpc) is 3.34. The van der Waals surface area contributed by atoms with Crippen molar-refractivity contribution in [1.82, 2.24) is 19.7 Å². The minimum absolute atomic E-state index is 0.00643. The van der Waals surface area contributed by atoms with Gasteiger partial charge in [0, 0.05) is 5.56 Å². The maximum absolute atomic E-state index is 12.7. The van der Waals surface area contributed by atoms with Gasteiger partial charge in [-0.05, 0) is 54.2 Å². The number of hydrogen-bond acceptors (Lipinski definition) is 5. The largest absolute Gasteiger partial charge is 0.480 e. The summed E-state index contributed by atoms with van der Waals surface area (Å²) in [5.74, 6) is -1.25. The molecule has 4 rings (SSSR count). The van der Waals surface area contributed by atoms with Crippen LogP contribution in [0.4, 0.5) is 0 Å². The zero-order chi connectivity index (χ0) is 26.8. The van der Waals surface area contributed by atoms with Crippen LogP contribution < -0.4 is 4.72 Å². The van der Waals surface area contributed by atoms with Crippen molar-refractivity contribution < 1.29 is 18.3 Å². The van der Waals surface area contributed by atoms with Gasteiger partial charge >= 0.3 is 5.97 Å². The van der Waals surface area contributed by atoms with Gasteiger partial charge in [-0.1, -0.05) is 80.1 Å². The fraction of sp³-hybridized carbons (Fsp3) is 0.250. The maximum Gasteiger partial charge on any atom is 0.322 e. The van der Waals surface area contributed by atoms with E-state index in [1.165, 1.54) is 17.7 Å². The Morgan fingerprint density at radius 2 is 1.59 bits per heavy atom. The molecule has 0 radical (unpaired) electrons. The van der Waals surface area contributed by atoms with Crippen LogP contribution in [0.1, 0.15) is 37.5 Å². The lowest BCUT2D eigenvalue weighted by molar-refractivity contribution is -0.138. The molecule has 3 aromatic carbocycles. The van der Waals surface area contributed by atoms with Crippen LogP contribution >= 0.6 is 0 Å². The highest BCUT2D eigenvalue weighted by Crippen LogP contribution is 2.24. The average molecular weight is 519 g/mol. The first kappa shape index (κ1) is 26.2. The number of nitrogens with zero attached hydrogens (tertiary/aromatic N) is 3. The van der Waals surface area contributed by atoms with Crippen LogP contribution in [-0.2, 0) is 26.7 Å². The molecular formula is C28H30N4O4S. The molecule has 0 aliphatic heterocycles. The summed E-state index contributed by atoms with van der Waals surface area (Å²) in [6.45, 7) is 8.34. The highest BCUT2D eigenvalue weighted by Gasteiger charge is 2.25. The lowest BCUT2D eigenvalue weighted by Crippen LogP contribution is -2.42. The minimum Gasteiger partial charge on any atom is -0.480 e. The summed E-state index contributed by atoms with van der Waals surface area (Å²) in [5, 5.41) is 18.1. The molecule has 0 saturated heterocycles. The molecule has 1 atom stereocenters. The van der Waals surface area contributed by atoms with Crippen molar-refractivity contribution in [2.24, 2.45) is 0 Å². The highest BCUT2D eigenvalue weighted by atomic mass is 32.2. The summed E-state index contributed by atoms with van der Waals surface area (Å²) in [5.41, 5.74) is 5.25. The monoisotopic (exact) mass is 518 g/mol. The molecule has 0 fully saturated rings. The number of sulfonamides is 1. The second-order valence-electron chi connectivity index (χ2n) is 10.1. The zero-order valence-corrected chi connectivity index (χ0v) is 22.0. The Morgan fingerprint density at radius 3 is 2.16 bits per heavy atom. The third-order valence-electron chi connectivity index (χ3n) is 6.11. The van der Waals surface area contributed by atoms with Crippen LogP contribution in [0, 0.1) is 6.92 Å². The number of hydrogen-bond donors (Lipinski definition) is 2. The summed E-state index contributed by atoms with van der Waals surface area (Å²) in [6.07, 6.45) is 1.82. The van der Waals surface area contributed by atoms with Gasteiger partial charge in [0.05, 0.1) is 16.8 Å². The molecule has 192 valence electrons. The molecule has 9 heteroatoms. The molecule has 0 spiro atoms. The van der Waals surface area contributed by atoms with Crippen LogP contribution in [0.2, 0.25) is 0 Å². The van der Waals surface area contributed by atoms with Gasteiger partial charge in [-0.25, -0.2) is 13.1 Å². The van der Waals surface area contributed by atoms with Gasteiger partial charge in [0.1, 0.15) is 11.7 Å². The van der Waals surface area contributed by atoms with E-state index in [1.807, 2.05) is 37.4 Å². The Hall–Kier alpha value is -3.82. The summed E-state index contributed by atoms with van der Waals surface area (Å²) in [4.78, 5) is 11.8.